The molecular formula is C17H31ClN2O. The second kappa shape index (κ2) is 10.2. The Bertz CT molecular complexity index is 338. The fourth-order valence-corrected chi connectivity index (χ4v) is 3.46. The van der Waals surface area contributed by atoms with E-state index in [0.717, 1.165) is 44.8 Å². The number of hydrogen-bond donors (Lipinski definition) is 2. The van der Waals surface area contributed by atoms with E-state index < -0.39 is 0 Å². The van der Waals surface area contributed by atoms with Crippen molar-refractivity contribution in [3.05, 3.63) is 11.6 Å². The van der Waals surface area contributed by atoms with Gasteiger partial charge in [0.05, 0.1) is 0 Å². The van der Waals surface area contributed by atoms with Crippen LogP contribution in [0.15, 0.2) is 11.6 Å². The standard InChI is InChI=1S/C17H30N2O.ClH/c1-2-16(12-14-6-4-3-5-7-14)17(20)19-13-15-8-10-18-11-9-15;/h8,14,16,18H,2-7,9-13H2,1H3,(H,19,20);1H. The monoisotopic (exact) mass is 314 g/mol. The van der Waals surface area contributed by atoms with Gasteiger partial charge in [-0.25, -0.2) is 0 Å². The first-order valence-corrected chi connectivity index (χ1v) is 8.46. The minimum atomic E-state index is 0. The van der Waals surface area contributed by atoms with Gasteiger partial charge >= 0.3 is 0 Å². The molecule has 1 saturated carbocycles. The normalized spacial score (nSPS) is 21.1. The zero-order valence-electron chi connectivity index (χ0n) is 13.3. The Kier molecular flexibility index (Phi) is 9.02. The first-order chi connectivity index (χ1) is 9.79. The van der Waals surface area contributed by atoms with Crippen molar-refractivity contribution in [1.29, 1.82) is 0 Å². The zero-order chi connectivity index (χ0) is 14.2. The predicted molar refractivity (Wildman–Crippen MR) is 90.8 cm³/mol. The molecule has 2 aliphatic rings. The molecule has 1 atom stereocenters. The quantitative estimate of drug-likeness (QED) is 0.737. The molecule has 1 unspecified atom stereocenters. The highest BCUT2D eigenvalue weighted by molar-refractivity contribution is 5.85. The van der Waals surface area contributed by atoms with Crippen LogP contribution in [0, 0.1) is 11.8 Å². The highest BCUT2D eigenvalue weighted by atomic mass is 35.5. The Hall–Kier alpha value is -0.540. The lowest BCUT2D eigenvalue weighted by Crippen LogP contribution is -2.34. The highest BCUT2D eigenvalue weighted by Crippen LogP contribution is 2.30. The van der Waals surface area contributed by atoms with Crippen LogP contribution < -0.4 is 10.6 Å². The summed E-state index contributed by atoms with van der Waals surface area (Å²) in [6.07, 6.45) is 12.1. The molecule has 21 heavy (non-hydrogen) atoms. The first kappa shape index (κ1) is 18.5. The van der Waals surface area contributed by atoms with Crippen molar-refractivity contribution < 1.29 is 4.79 Å². The van der Waals surface area contributed by atoms with Crippen LogP contribution >= 0.6 is 12.4 Å². The number of carbonyl (C=O) groups is 1. The molecule has 0 aromatic carbocycles. The molecule has 0 aromatic heterocycles. The van der Waals surface area contributed by atoms with Gasteiger partial charge in [0, 0.05) is 19.0 Å². The summed E-state index contributed by atoms with van der Waals surface area (Å²) in [6.45, 7) is 4.89. The largest absolute Gasteiger partial charge is 0.352 e. The molecule has 1 aliphatic heterocycles. The van der Waals surface area contributed by atoms with Crippen LogP contribution in [0.3, 0.4) is 0 Å². The van der Waals surface area contributed by atoms with Crippen LogP contribution in [-0.4, -0.2) is 25.5 Å². The summed E-state index contributed by atoms with van der Waals surface area (Å²) >= 11 is 0. The second-order valence-corrected chi connectivity index (χ2v) is 6.38. The molecule has 122 valence electrons. The van der Waals surface area contributed by atoms with Gasteiger partial charge in [-0.3, -0.25) is 4.79 Å². The zero-order valence-corrected chi connectivity index (χ0v) is 14.1. The van der Waals surface area contributed by atoms with E-state index in [1.807, 2.05) is 0 Å². The van der Waals surface area contributed by atoms with Gasteiger partial charge in [-0.05, 0) is 31.7 Å². The third-order valence-corrected chi connectivity index (χ3v) is 4.85. The van der Waals surface area contributed by atoms with Crippen LogP contribution in [0.1, 0.15) is 58.3 Å². The number of amides is 1. The predicted octanol–water partition coefficient (Wildman–Crippen LogP) is 3.44. The van der Waals surface area contributed by atoms with Crippen LogP contribution in [0.25, 0.3) is 0 Å². The van der Waals surface area contributed by atoms with E-state index in [1.165, 1.54) is 37.7 Å². The number of halogens is 1. The summed E-state index contributed by atoms with van der Waals surface area (Å²) in [7, 11) is 0. The molecule has 0 spiro atoms. The Morgan fingerprint density at radius 1 is 1.38 bits per heavy atom. The molecule has 4 heteroatoms. The van der Waals surface area contributed by atoms with E-state index in [-0.39, 0.29) is 24.2 Å². The molecule has 1 aliphatic carbocycles. The smallest absolute Gasteiger partial charge is 0.223 e. The SMILES string of the molecule is CCC(CC1CCCCC1)C(=O)NCC1=CCNCC1.Cl. The molecular weight excluding hydrogens is 284 g/mol. The van der Waals surface area contributed by atoms with Gasteiger partial charge in [0.1, 0.15) is 0 Å². The third kappa shape index (κ3) is 6.39. The number of rotatable bonds is 6. The van der Waals surface area contributed by atoms with Gasteiger partial charge in [-0.1, -0.05) is 50.7 Å². The van der Waals surface area contributed by atoms with Gasteiger partial charge in [-0.2, -0.15) is 0 Å². The van der Waals surface area contributed by atoms with Crippen LogP contribution in [0.4, 0.5) is 0 Å². The molecule has 3 nitrogen and oxygen atoms in total. The van der Waals surface area contributed by atoms with Crippen molar-refractivity contribution >= 4 is 18.3 Å². The van der Waals surface area contributed by atoms with Gasteiger partial charge in [0.2, 0.25) is 5.91 Å². The molecule has 2 N–H and O–H groups in total. The lowest BCUT2D eigenvalue weighted by atomic mass is 9.82. The Morgan fingerprint density at radius 2 is 2.14 bits per heavy atom. The maximum atomic E-state index is 12.3. The second-order valence-electron chi connectivity index (χ2n) is 6.38. The molecule has 1 heterocycles. The average Bonchev–Trinajstić information content (AvgIpc) is 2.52. The van der Waals surface area contributed by atoms with Gasteiger partial charge in [0.15, 0.2) is 0 Å². The van der Waals surface area contributed by atoms with Crippen molar-refractivity contribution in [2.24, 2.45) is 11.8 Å². The van der Waals surface area contributed by atoms with Crippen molar-refractivity contribution in [1.82, 2.24) is 10.6 Å². The van der Waals surface area contributed by atoms with Crippen molar-refractivity contribution in [2.75, 3.05) is 19.6 Å². The summed E-state index contributed by atoms with van der Waals surface area (Å²) in [6, 6.07) is 0. The molecule has 0 aromatic rings. The Balaban J connectivity index is 0.00000220. The summed E-state index contributed by atoms with van der Waals surface area (Å²) < 4.78 is 0. The molecule has 0 saturated heterocycles. The van der Waals surface area contributed by atoms with Gasteiger partial charge in [-0.15, -0.1) is 12.4 Å². The summed E-state index contributed by atoms with van der Waals surface area (Å²) in [5.41, 5.74) is 1.38. The molecule has 2 rings (SSSR count). The van der Waals surface area contributed by atoms with E-state index in [0.29, 0.717) is 0 Å². The Labute approximate surface area is 135 Å². The van der Waals surface area contributed by atoms with Gasteiger partial charge in [0.25, 0.3) is 0 Å². The maximum Gasteiger partial charge on any atom is 0.223 e. The summed E-state index contributed by atoms with van der Waals surface area (Å²) in [5, 5.41) is 6.46. The Morgan fingerprint density at radius 3 is 2.76 bits per heavy atom. The van der Waals surface area contributed by atoms with Crippen LogP contribution in [0.5, 0.6) is 0 Å². The number of hydrogen-bond acceptors (Lipinski definition) is 2. The van der Waals surface area contributed by atoms with E-state index >= 15 is 0 Å². The van der Waals surface area contributed by atoms with Crippen LogP contribution in [-0.2, 0) is 4.79 Å². The molecule has 1 fully saturated rings. The fourth-order valence-electron chi connectivity index (χ4n) is 3.46. The number of nitrogens with one attached hydrogen (secondary N) is 2. The molecule has 0 bridgehead atoms. The lowest BCUT2D eigenvalue weighted by Gasteiger charge is -2.25. The topological polar surface area (TPSA) is 41.1 Å². The highest BCUT2D eigenvalue weighted by Gasteiger charge is 2.22. The minimum absolute atomic E-state index is 0. The maximum absolute atomic E-state index is 12.3. The van der Waals surface area contributed by atoms with Crippen molar-refractivity contribution in [3.63, 3.8) is 0 Å². The number of carbonyl (C=O) groups excluding carboxylic acids is 1. The lowest BCUT2D eigenvalue weighted by molar-refractivity contribution is -0.125. The van der Waals surface area contributed by atoms with E-state index in [4.69, 9.17) is 0 Å². The summed E-state index contributed by atoms with van der Waals surface area (Å²) in [4.78, 5) is 12.3. The van der Waals surface area contributed by atoms with E-state index in [2.05, 4.69) is 23.6 Å². The van der Waals surface area contributed by atoms with Crippen molar-refractivity contribution in [3.8, 4) is 0 Å². The third-order valence-electron chi connectivity index (χ3n) is 4.85. The minimum Gasteiger partial charge on any atom is -0.352 e. The van der Waals surface area contributed by atoms with Crippen molar-refractivity contribution in [2.45, 2.75) is 58.3 Å². The van der Waals surface area contributed by atoms with Crippen LogP contribution in [0.2, 0.25) is 0 Å². The first-order valence-electron chi connectivity index (χ1n) is 8.46. The van der Waals surface area contributed by atoms with E-state index in [9.17, 15) is 4.79 Å². The molecule has 1 amide bonds. The van der Waals surface area contributed by atoms with Gasteiger partial charge < -0.3 is 10.6 Å². The average molecular weight is 315 g/mol. The summed E-state index contributed by atoms with van der Waals surface area (Å²) in [5.74, 6) is 1.29. The molecule has 0 radical (unpaired) electrons. The fraction of sp³-hybridized carbons (Fsp3) is 0.824. The van der Waals surface area contributed by atoms with E-state index in [1.54, 1.807) is 0 Å².